The van der Waals surface area contributed by atoms with Crippen LogP contribution < -0.4 is 10.1 Å². The van der Waals surface area contributed by atoms with E-state index in [1.807, 2.05) is 32.0 Å². The Morgan fingerprint density at radius 1 is 1.05 bits per heavy atom. The molecule has 0 aliphatic carbocycles. The van der Waals surface area contributed by atoms with E-state index >= 15 is 0 Å². The fourth-order valence-corrected chi connectivity index (χ4v) is 2.16. The molecule has 0 unspecified atom stereocenters. The maximum Gasteiger partial charge on any atom is 0.417 e. The molecule has 0 fully saturated rings. The molecule has 1 amide bonds. The molecule has 0 saturated carbocycles. The first-order chi connectivity index (χ1) is 9.44. The fraction of sp³-hybridized carbons (Fsp3) is 0.133. The number of nitrogens with one attached hydrogen (secondary N) is 1. The molecule has 0 saturated heterocycles. The standard InChI is InChI=1S/C15H13Cl2NO2/c1-9-5-10(2)7-12(6-9)18-15(19)20-14-8-11(16)3-4-13(14)17/h3-8H,1-2H3,(H,18,19). The molecule has 0 aliphatic heterocycles. The summed E-state index contributed by atoms with van der Waals surface area (Å²) >= 11 is 11.8. The van der Waals surface area contributed by atoms with Gasteiger partial charge in [0.15, 0.2) is 5.75 Å². The zero-order valence-corrected chi connectivity index (χ0v) is 12.5. The Labute approximate surface area is 127 Å². The number of hydrogen-bond donors (Lipinski definition) is 1. The molecule has 1 N–H and O–H groups in total. The van der Waals surface area contributed by atoms with E-state index in [1.165, 1.54) is 6.07 Å². The molecular weight excluding hydrogens is 297 g/mol. The van der Waals surface area contributed by atoms with Crippen LogP contribution in [0.4, 0.5) is 10.5 Å². The number of amides is 1. The minimum Gasteiger partial charge on any atom is -0.408 e. The second-order valence-electron chi connectivity index (χ2n) is 4.47. The van der Waals surface area contributed by atoms with Crippen LogP contribution in [-0.4, -0.2) is 6.09 Å². The summed E-state index contributed by atoms with van der Waals surface area (Å²) in [4.78, 5) is 11.8. The van der Waals surface area contributed by atoms with E-state index in [4.69, 9.17) is 27.9 Å². The summed E-state index contributed by atoms with van der Waals surface area (Å²) in [5.74, 6) is 0.223. The molecule has 0 bridgehead atoms. The van der Waals surface area contributed by atoms with Crippen LogP contribution in [0.3, 0.4) is 0 Å². The number of rotatable bonds is 2. The Morgan fingerprint density at radius 3 is 2.35 bits per heavy atom. The minimum atomic E-state index is -0.612. The normalized spacial score (nSPS) is 10.2. The highest BCUT2D eigenvalue weighted by Gasteiger charge is 2.09. The molecule has 0 spiro atoms. The lowest BCUT2D eigenvalue weighted by Crippen LogP contribution is -2.17. The van der Waals surface area contributed by atoms with Gasteiger partial charge in [0.1, 0.15) is 0 Å². The molecule has 0 aliphatic rings. The molecule has 0 aromatic heterocycles. The first kappa shape index (κ1) is 14.7. The summed E-state index contributed by atoms with van der Waals surface area (Å²) in [6.45, 7) is 3.91. The first-order valence-electron chi connectivity index (χ1n) is 5.96. The molecule has 2 aromatic carbocycles. The van der Waals surface area contributed by atoms with E-state index in [-0.39, 0.29) is 5.75 Å². The lowest BCUT2D eigenvalue weighted by atomic mass is 10.1. The third-order valence-corrected chi connectivity index (χ3v) is 3.11. The lowest BCUT2D eigenvalue weighted by molar-refractivity contribution is 0.215. The average molecular weight is 310 g/mol. The highest BCUT2D eigenvalue weighted by Crippen LogP contribution is 2.28. The van der Waals surface area contributed by atoms with Crippen molar-refractivity contribution in [1.82, 2.24) is 0 Å². The number of hydrogen-bond acceptors (Lipinski definition) is 2. The summed E-state index contributed by atoms with van der Waals surface area (Å²) < 4.78 is 5.14. The quantitative estimate of drug-likeness (QED) is 0.825. The minimum absolute atomic E-state index is 0.223. The number of carbonyl (C=O) groups excluding carboxylic acids is 1. The highest BCUT2D eigenvalue weighted by atomic mass is 35.5. The summed E-state index contributed by atoms with van der Waals surface area (Å²) in [6.07, 6.45) is -0.612. The second kappa shape index (κ2) is 6.16. The monoisotopic (exact) mass is 309 g/mol. The van der Waals surface area contributed by atoms with Gasteiger partial charge in [-0.25, -0.2) is 4.79 Å². The largest absolute Gasteiger partial charge is 0.417 e. The van der Waals surface area contributed by atoms with Crippen molar-refractivity contribution in [3.63, 3.8) is 0 Å². The Kier molecular flexibility index (Phi) is 4.53. The van der Waals surface area contributed by atoms with Gasteiger partial charge in [-0.1, -0.05) is 29.3 Å². The molecular formula is C15H13Cl2NO2. The molecule has 2 aromatic rings. The third kappa shape index (κ3) is 3.89. The zero-order chi connectivity index (χ0) is 14.7. The molecule has 20 heavy (non-hydrogen) atoms. The number of benzene rings is 2. The van der Waals surface area contributed by atoms with Crippen molar-refractivity contribution >= 4 is 35.0 Å². The fourth-order valence-electron chi connectivity index (χ4n) is 1.85. The lowest BCUT2D eigenvalue weighted by Gasteiger charge is -2.09. The Balaban J connectivity index is 2.11. The van der Waals surface area contributed by atoms with Crippen LogP contribution in [0.1, 0.15) is 11.1 Å². The SMILES string of the molecule is Cc1cc(C)cc(NC(=O)Oc2cc(Cl)ccc2Cl)c1. The van der Waals surface area contributed by atoms with Crippen molar-refractivity contribution in [2.45, 2.75) is 13.8 Å². The van der Waals surface area contributed by atoms with Gasteiger partial charge in [-0.3, -0.25) is 5.32 Å². The van der Waals surface area contributed by atoms with Gasteiger partial charge in [0.2, 0.25) is 0 Å². The van der Waals surface area contributed by atoms with Crippen LogP contribution >= 0.6 is 23.2 Å². The van der Waals surface area contributed by atoms with Crippen LogP contribution in [0.25, 0.3) is 0 Å². The van der Waals surface area contributed by atoms with Crippen molar-refractivity contribution in [3.8, 4) is 5.75 Å². The van der Waals surface area contributed by atoms with Crippen molar-refractivity contribution in [1.29, 1.82) is 0 Å². The van der Waals surface area contributed by atoms with Gasteiger partial charge in [0, 0.05) is 16.8 Å². The van der Waals surface area contributed by atoms with Gasteiger partial charge in [-0.05, 0) is 49.2 Å². The van der Waals surface area contributed by atoms with Gasteiger partial charge in [0.05, 0.1) is 5.02 Å². The Morgan fingerprint density at radius 2 is 1.70 bits per heavy atom. The van der Waals surface area contributed by atoms with E-state index in [9.17, 15) is 4.79 Å². The van der Waals surface area contributed by atoms with Gasteiger partial charge in [-0.2, -0.15) is 0 Å². The van der Waals surface area contributed by atoms with Crippen molar-refractivity contribution in [2.24, 2.45) is 0 Å². The van der Waals surface area contributed by atoms with Crippen molar-refractivity contribution in [2.75, 3.05) is 5.32 Å². The van der Waals surface area contributed by atoms with E-state index in [0.29, 0.717) is 15.7 Å². The third-order valence-electron chi connectivity index (χ3n) is 2.56. The Hall–Kier alpha value is -1.71. The molecule has 2 rings (SSSR count). The average Bonchev–Trinajstić information content (AvgIpc) is 2.32. The molecule has 0 radical (unpaired) electrons. The predicted octanol–water partition coefficient (Wildman–Crippen LogP) is 5.22. The smallest absolute Gasteiger partial charge is 0.408 e. The summed E-state index contributed by atoms with van der Waals surface area (Å²) in [7, 11) is 0. The summed E-state index contributed by atoms with van der Waals surface area (Å²) in [5.41, 5.74) is 2.79. The highest BCUT2D eigenvalue weighted by molar-refractivity contribution is 6.34. The van der Waals surface area contributed by atoms with E-state index < -0.39 is 6.09 Å². The van der Waals surface area contributed by atoms with Crippen LogP contribution in [0.15, 0.2) is 36.4 Å². The van der Waals surface area contributed by atoms with E-state index in [0.717, 1.165) is 11.1 Å². The number of halogens is 2. The maximum absolute atomic E-state index is 11.8. The molecule has 3 nitrogen and oxygen atoms in total. The van der Waals surface area contributed by atoms with Gasteiger partial charge in [0.25, 0.3) is 0 Å². The predicted molar refractivity (Wildman–Crippen MR) is 82.0 cm³/mol. The van der Waals surface area contributed by atoms with Crippen LogP contribution in [0.5, 0.6) is 5.75 Å². The maximum atomic E-state index is 11.8. The van der Waals surface area contributed by atoms with Gasteiger partial charge in [-0.15, -0.1) is 0 Å². The number of aryl methyl sites for hydroxylation is 2. The first-order valence-corrected chi connectivity index (χ1v) is 6.72. The molecule has 5 heteroatoms. The topological polar surface area (TPSA) is 38.3 Å². The van der Waals surface area contributed by atoms with Gasteiger partial charge < -0.3 is 4.74 Å². The van der Waals surface area contributed by atoms with Crippen LogP contribution in [0, 0.1) is 13.8 Å². The number of anilines is 1. The summed E-state index contributed by atoms with van der Waals surface area (Å²) in [6, 6.07) is 10.4. The van der Waals surface area contributed by atoms with Crippen molar-refractivity contribution < 1.29 is 9.53 Å². The number of carbonyl (C=O) groups is 1. The second-order valence-corrected chi connectivity index (χ2v) is 5.31. The van der Waals surface area contributed by atoms with Crippen LogP contribution in [0.2, 0.25) is 10.0 Å². The zero-order valence-electron chi connectivity index (χ0n) is 11.0. The molecule has 0 atom stereocenters. The van der Waals surface area contributed by atoms with Gasteiger partial charge >= 0.3 is 6.09 Å². The van der Waals surface area contributed by atoms with E-state index in [2.05, 4.69) is 5.32 Å². The summed E-state index contributed by atoms with van der Waals surface area (Å²) in [5, 5.41) is 3.43. The van der Waals surface area contributed by atoms with E-state index in [1.54, 1.807) is 12.1 Å². The Bertz CT molecular complexity index is 636. The van der Waals surface area contributed by atoms with Crippen molar-refractivity contribution in [3.05, 3.63) is 57.6 Å². The molecule has 104 valence electrons. The van der Waals surface area contributed by atoms with Crippen LogP contribution in [-0.2, 0) is 0 Å². The molecule has 0 heterocycles. The number of ether oxygens (including phenoxy) is 1.